The van der Waals surface area contributed by atoms with E-state index in [4.69, 9.17) is 0 Å². The topological polar surface area (TPSA) is 60.6 Å². The molecule has 3 rings (SSSR count). The van der Waals surface area contributed by atoms with Crippen molar-refractivity contribution in [2.75, 3.05) is 13.1 Å². The van der Waals surface area contributed by atoms with Gasteiger partial charge in [0, 0.05) is 30.6 Å². The number of imidazole rings is 1. The average Bonchev–Trinajstić information content (AvgIpc) is 3.09. The minimum Gasteiger partial charge on any atom is -0.348 e. The Labute approximate surface area is 119 Å². The quantitative estimate of drug-likeness (QED) is 0.915. The van der Waals surface area contributed by atoms with Gasteiger partial charge in [-0.2, -0.15) is 18.3 Å². The number of aromatic nitrogens is 4. The summed E-state index contributed by atoms with van der Waals surface area (Å²) < 4.78 is 37.8. The summed E-state index contributed by atoms with van der Waals surface area (Å²) in [5, 5.41) is 5.92. The summed E-state index contributed by atoms with van der Waals surface area (Å²) >= 11 is 0. The van der Waals surface area contributed by atoms with E-state index in [0.29, 0.717) is 18.8 Å². The zero-order valence-corrected chi connectivity index (χ0v) is 11.3. The highest BCUT2D eigenvalue weighted by Gasteiger charge is 2.35. The number of nitrogens with one attached hydrogen (secondary N) is 2. The number of halogens is 3. The molecule has 1 saturated heterocycles. The van der Waals surface area contributed by atoms with Crippen LogP contribution in [0.1, 0.15) is 36.0 Å². The van der Waals surface area contributed by atoms with Gasteiger partial charge in [-0.15, -0.1) is 0 Å². The first-order valence-electron chi connectivity index (χ1n) is 6.85. The molecule has 0 radical (unpaired) electrons. The van der Waals surface area contributed by atoms with Gasteiger partial charge in [0.2, 0.25) is 0 Å². The second-order valence-corrected chi connectivity index (χ2v) is 5.32. The lowest BCUT2D eigenvalue weighted by Crippen LogP contribution is -2.34. The molecule has 1 aliphatic rings. The van der Waals surface area contributed by atoms with Crippen LogP contribution in [0, 0.1) is 0 Å². The lowest BCUT2D eigenvalue weighted by Gasteiger charge is -2.31. The van der Waals surface area contributed by atoms with Gasteiger partial charge in [-0.3, -0.25) is 10.00 Å². The van der Waals surface area contributed by atoms with Crippen molar-refractivity contribution in [1.82, 2.24) is 25.1 Å². The number of H-pyrrole nitrogens is 2. The highest BCUT2D eigenvalue weighted by molar-refractivity contribution is 5.16. The van der Waals surface area contributed by atoms with Crippen LogP contribution in [0.2, 0.25) is 0 Å². The summed E-state index contributed by atoms with van der Waals surface area (Å²) in [5.74, 6) is 0.925. The first-order chi connectivity index (χ1) is 10.0. The first kappa shape index (κ1) is 14.1. The lowest BCUT2D eigenvalue weighted by molar-refractivity contribution is -0.141. The Kier molecular flexibility index (Phi) is 3.71. The molecule has 0 spiro atoms. The van der Waals surface area contributed by atoms with Gasteiger partial charge in [-0.05, 0) is 25.5 Å². The molecule has 0 bridgehead atoms. The highest BCUT2D eigenvalue weighted by atomic mass is 19.4. The smallest absolute Gasteiger partial charge is 0.348 e. The van der Waals surface area contributed by atoms with Crippen LogP contribution >= 0.6 is 0 Å². The maximum absolute atomic E-state index is 12.6. The summed E-state index contributed by atoms with van der Waals surface area (Å²) in [6.07, 6.45) is 0.889. The van der Waals surface area contributed by atoms with Crippen LogP contribution in [0.4, 0.5) is 13.2 Å². The summed E-state index contributed by atoms with van der Waals surface area (Å²) in [4.78, 5) is 9.42. The molecule has 0 amide bonds. The molecule has 8 heteroatoms. The molecule has 5 nitrogen and oxygen atoms in total. The number of hydrogen-bond acceptors (Lipinski definition) is 3. The number of piperidine rings is 1. The number of aromatic amines is 2. The molecule has 0 aliphatic carbocycles. The zero-order chi connectivity index (χ0) is 14.9. The van der Waals surface area contributed by atoms with Crippen molar-refractivity contribution in [2.45, 2.75) is 31.5 Å². The van der Waals surface area contributed by atoms with Gasteiger partial charge in [-0.1, -0.05) is 0 Å². The van der Waals surface area contributed by atoms with E-state index in [9.17, 15) is 13.2 Å². The third-order valence-electron chi connectivity index (χ3n) is 3.76. The number of hydrogen-bond donors (Lipinski definition) is 2. The van der Waals surface area contributed by atoms with Crippen molar-refractivity contribution in [3.63, 3.8) is 0 Å². The first-order valence-corrected chi connectivity index (χ1v) is 6.85. The predicted octanol–water partition coefficient (Wildman–Crippen LogP) is 2.53. The van der Waals surface area contributed by atoms with E-state index in [1.54, 1.807) is 12.4 Å². The molecular formula is C13H16F3N5. The van der Waals surface area contributed by atoms with Gasteiger partial charge in [0.25, 0.3) is 0 Å². The van der Waals surface area contributed by atoms with Crippen molar-refractivity contribution in [1.29, 1.82) is 0 Å². The van der Waals surface area contributed by atoms with Crippen molar-refractivity contribution in [3.8, 4) is 0 Å². The van der Waals surface area contributed by atoms with E-state index in [-0.39, 0.29) is 5.92 Å². The van der Waals surface area contributed by atoms with Crippen LogP contribution in [0.15, 0.2) is 18.5 Å². The molecule has 114 valence electrons. The van der Waals surface area contributed by atoms with Crippen LogP contribution in [0.25, 0.3) is 0 Å². The van der Waals surface area contributed by atoms with Gasteiger partial charge in [0.15, 0.2) is 5.69 Å². The SMILES string of the molecule is FC(F)(F)c1cc([C@@H]2CCCN(Cc3ncc[nH]3)C2)[nH]n1. The van der Waals surface area contributed by atoms with Crippen molar-refractivity contribution < 1.29 is 13.2 Å². The fraction of sp³-hybridized carbons (Fsp3) is 0.538. The summed E-state index contributed by atoms with van der Waals surface area (Å²) in [5.41, 5.74) is -0.285. The standard InChI is InChI=1S/C13H16F3N5/c14-13(15,16)11-6-10(19-20-11)9-2-1-5-21(7-9)8-12-17-3-4-18-12/h3-4,6,9H,1-2,5,7-8H2,(H,17,18)(H,19,20)/t9-/m1/s1. The Morgan fingerprint density at radius 2 is 2.24 bits per heavy atom. The fourth-order valence-corrected chi connectivity index (χ4v) is 2.74. The van der Waals surface area contributed by atoms with Crippen molar-refractivity contribution in [2.24, 2.45) is 0 Å². The van der Waals surface area contributed by atoms with E-state index in [1.807, 2.05) is 0 Å². The van der Waals surface area contributed by atoms with Crippen LogP contribution in [0.5, 0.6) is 0 Å². The summed E-state index contributed by atoms with van der Waals surface area (Å²) in [7, 11) is 0. The fourth-order valence-electron chi connectivity index (χ4n) is 2.74. The Morgan fingerprint density at radius 3 is 2.90 bits per heavy atom. The van der Waals surface area contributed by atoms with Crippen molar-refractivity contribution >= 4 is 0 Å². The minimum atomic E-state index is -4.39. The molecule has 1 atom stereocenters. The molecule has 0 unspecified atom stereocenters. The normalized spacial score (nSPS) is 20.8. The number of rotatable bonds is 3. The van der Waals surface area contributed by atoms with Gasteiger partial charge in [0.05, 0.1) is 6.54 Å². The Morgan fingerprint density at radius 1 is 1.38 bits per heavy atom. The maximum atomic E-state index is 12.6. The molecule has 2 N–H and O–H groups in total. The largest absolute Gasteiger partial charge is 0.435 e. The number of alkyl halides is 3. The molecular weight excluding hydrogens is 283 g/mol. The number of nitrogens with zero attached hydrogens (tertiary/aromatic N) is 3. The van der Waals surface area contributed by atoms with Gasteiger partial charge in [0.1, 0.15) is 5.82 Å². The Bertz CT molecular complexity index is 575. The van der Waals surface area contributed by atoms with Crippen LogP contribution in [-0.2, 0) is 12.7 Å². The Hall–Kier alpha value is -1.83. The predicted molar refractivity (Wildman–Crippen MR) is 69.4 cm³/mol. The molecule has 1 fully saturated rings. The second-order valence-electron chi connectivity index (χ2n) is 5.32. The monoisotopic (exact) mass is 299 g/mol. The van der Waals surface area contributed by atoms with Crippen molar-refractivity contribution in [3.05, 3.63) is 35.7 Å². The van der Waals surface area contributed by atoms with Gasteiger partial charge in [-0.25, -0.2) is 4.98 Å². The molecule has 2 aromatic rings. The van der Waals surface area contributed by atoms with E-state index < -0.39 is 11.9 Å². The molecule has 1 aliphatic heterocycles. The average molecular weight is 299 g/mol. The second kappa shape index (κ2) is 5.51. The minimum absolute atomic E-state index is 0.0531. The molecule has 21 heavy (non-hydrogen) atoms. The van der Waals surface area contributed by atoms with Gasteiger partial charge < -0.3 is 4.98 Å². The van der Waals surface area contributed by atoms with E-state index in [1.165, 1.54) is 0 Å². The molecule has 0 aromatic carbocycles. The maximum Gasteiger partial charge on any atom is 0.435 e. The summed E-state index contributed by atoms with van der Waals surface area (Å²) in [6.45, 7) is 2.32. The van der Waals surface area contributed by atoms with Crippen LogP contribution in [0.3, 0.4) is 0 Å². The van der Waals surface area contributed by atoms with Gasteiger partial charge >= 0.3 is 6.18 Å². The van der Waals surface area contributed by atoms with E-state index in [0.717, 1.165) is 31.3 Å². The summed E-state index contributed by atoms with van der Waals surface area (Å²) in [6, 6.07) is 1.13. The number of likely N-dealkylation sites (tertiary alicyclic amines) is 1. The van der Waals surface area contributed by atoms with E-state index in [2.05, 4.69) is 25.1 Å². The molecule has 3 heterocycles. The van der Waals surface area contributed by atoms with Crippen LogP contribution < -0.4 is 0 Å². The Balaban J connectivity index is 1.67. The zero-order valence-electron chi connectivity index (χ0n) is 11.3. The van der Waals surface area contributed by atoms with E-state index >= 15 is 0 Å². The lowest BCUT2D eigenvalue weighted by atomic mass is 9.94. The molecule has 0 saturated carbocycles. The molecule has 2 aromatic heterocycles. The third-order valence-corrected chi connectivity index (χ3v) is 3.76. The van der Waals surface area contributed by atoms with Crippen LogP contribution in [-0.4, -0.2) is 38.2 Å². The third kappa shape index (κ3) is 3.26. The highest BCUT2D eigenvalue weighted by Crippen LogP contribution is 2.32.